The SMILES string of the molecule is CC(C)=NNC(=O)c1ccsc1NC(=O)c1cc2c(ccc3ccccc32)oc1=O. The van der Waals surface area contributed by atoms with Crippen LogP contribution in [0.4, 0.5) is 5.00 Å². The maximum atomic E-state index is 12.8. The molecule has 0 saturated heterocycles. The predicted molar refractivity (Wildman–Crippen MR) is 119 cm³/mol. The quantitative estimate of drug-likeness (QED) is 0.222. The second-order valence-corrected chi connectivity index (χ2v) is 7.68. The Morgan fingerprint density at radius 3 is 2.57 bits per heavy atom. The van der Waals surface area contributed by atoms with E-state index in [0.717, 1.165) is 10.8 Å². The summed E-state index contributed by atoms with van der Waals surface area (Å²) in [5.74, 6) is -1.10. The number of thiophene rings is 1. The van der Waals surface area contributed by atoms with Crippen LogP contribution in [0.2, 0.25) is 0 Å². The van der Waals surface area contributed by atoms with Gasteiger partial charge in [-0.15, -0.1) is 11.3 Å². The molecule has 2 aromatic heterocycles. The number of anilines is 1. The molecule has 0 atom stereocenters. The predicted octanol–water partition coefficient (Wildman–Crippen LogP) is 4.39. The summed E-state index contributed by atoms with van der Waals surface area (Å²) in [6.45, 7) is 3.50. The van der Waals surface area contributed by atoms with Gasteiger partial charge in [-0.3, -0.25) is 9.59 Å². The van der Waals surface area contributed by atoms with Gasteiger partial charge in [-0.1, -0.05) is 30.3 Å². The van der Waals surface area contributed by atoms with Crippen molar-refractivity contribution < 1.29 is 14.0 Å². The molecule has 0 spiro atoms. The van der Waals surface area contributed by atoms with E-state index < -0.39 is 17.4 Å². The molecule has 0 aliphatic rings. The summed E-state index contributed by atoms with van der Waals surface area (Å²) < 4.78 is 5.37. The third-order valence-corrected chi connectivity index (χ3v) is 5.23. The number of nitrogens with one attached hydrogen (secondary N) is 2. The fourth-order valence-electron chi connectivity index (χ4n) is 3.01. The average Bonchev–Trinajstić information content (AvgIpc) is 3.19. The largest absolute Gasteiger partial charge is 0.422 e. The van der Waals surface area contributed by atoms with Crippen molar-refractivity contribution in [1.82, 2.24) is 5.43 Å². The van der Waals surface area contributed by atoms with Crippen molar-refractivity contribution in [3.63, 3.8) is 0 Å². The van der Waals surface area contributed by atoms with Crippen LogP contribution in [0.25, 0.3) is 21.7 Å². The Labute approximate surface area is 175 Å². The Balaban J connectivity index is 1.69. The summed E-state index contributed by atoms with van der Waals surface area (Å²) in [5, 5.41) is 11.0. The van der Waals surface area contributed by atoms with E-state index in [2.05, 4.69) is 15.8 Å². The third kappa shape index (κ3) is 3.72. The Morgan fingerprint density at radius 1 is 0.967 bits per heavy atom. The van der Waals surface area contributed by atoms with Gasteiger partial charge in [0, 0.05) is 11.1 Å². The monoisotopic (exact) mass is 419 g/mol. The minimum Gasteiger partial charge on any atom is -0.422 e. The molecule has 8 heteroatoms. The normalized spacial score (nSPS) is 10.7. The molecule has 0 fully saturated rings. The molecule has 4 rings (SSSR count). The number of hydrazone groups is 1. The number of carbonyl (C=O) groups is 2. The summed E-state index contributed by atoms with van der Waals surface area (Å²) in [4.78, 5) is 37.5. The zero-order valence-electron chi connectivity index (χ0n) is 16.2. The average molecular weight is 419 g/mol. The summed E-state index contributed by atoms with van der Waals surface area (Å²) in [7, 11) is 0. The van der Waals surface area contributed by atoms with Crippen LogP contribution < -0.4 is 16.4 Å². The van der Waals surface area contributed by atoms with Gasteiger partial charge in [0.15, 0.2) is 0 Å². The van der Waals surface area contributed by atoms with Gasteiger partial charge in [0.05, 0.1) is 5.56 Å². The number of carbonyl (C=O) groups excluding carboxylic acids is 2. The Morgan fingerprint density at radius 2 is 1.77 bits per heavy atom. The van der Waals surface area contributed by atoms with E-state index in [0.29, 0.717) is 21.7 Å². The highest BCUT2D eigenvalue weighted by Crippen LogP contribution is 2.26. The lowest BCUT2D eigenvalue weighted by Crippen LogP contribution is -2.23. The molecular formula is C22H17N3O4S. The molecule has 30 heavy (non-hydrogen) atoms. The van der Waals surface area contributed by atoms with Crippen LogP contribution in [0.15, 0.2) is 68.2 Å². The van der Waals surface area contributed by atoms with Crippen molar-refractivity contribution in [1.29, 1.82) is 0 Å². The number of hydrogen-bond acceptors (Lipinski definition) is 6. The second-order valence-electron chi connectivity index (χ2n) is 6.76. The van der Waals surface area contributed by atoms with Crippen LogP contribution in [0.1, 0.15) is 34.6 Å². The first-order valence-corrected chi connectivity index (χ1v) is 9.97. The lowest BCUT2D eigenvalue weighted by Gasteiger charge is -2.07. The number of fused-ring (bicyclic) bond motifs is 3. The Bertz CT molecular complexity index is 1380. The van der Waals surface area contributed by atoms with Crippen molar-refractivity contribution in [3.8, 4) is 0 Å². The van der Waals surface area contributed by atoms with E-state index in [1.165, 1.54) is 17.4 Å². The van der Waals surface area contributed by atoms with Gasteiger partial charge >= 0.3 is 5.63 Å². The van der Waals surface area contributed by atoms with Crippen LogP contribution in [0.5, 0.6) is 0 Å². The first-order valence-electron chi connectivity index (χ1n) is 9.10. The van der Waals surface area contributed by atoms with E-state index in [4.69, 9.17) is 4.42 Å². The summed E-state index contributed by atoms with van der Waals surface area (Å²) in [6, 6.07) is 14.3. The highest BCUT2D eigenvalue weighted by atomic mass is 32.1. The molecule has 2 heterocycles. The molecule has 150 valence electrons. The highest BCUT2D eigenvalue weighted by Gasteiger charge is 2.19. The molecule has 0 bridgehead atoms. The van der Waals surface area contributed by atoms with Gasteiger partial charge < -0.3 is 9.73 Å². The molecule has 0 aliphatic heterocycles. The van der Waals surface area contributed by atoms with Gasteiger partial charge in [-0.2, -0.15) is 5.10 Å². The topological polar surface area (TPSA) is 101 Å². The van der Waals surface area contributed by atoms with Gasteiger partial charge in [0.1, 0.15) is 16.1 Å². The smallest absolute Gasteiger partial charge is 0.349 e. The third-order valence-electron chi connectivity index (χ3n) is 4.40. The Kier molecular flexibility index (Phi) is 5.16. The molecule has 2 amide bonds. The van der Waals surface area contributed by atoms with Crippen LogP contribution in [0, 0.1) is 0 Å². The molecule has 0 radical (unpaired) electrons. The van der Waals surface area contributed by atoms with E-state index in [9.17, 15) is 14.4 Å². The number of rotatable bonds is 4. The molecule has 0 aliphatic carbocycles. The molecule has 2 N–H and O–H groups in total. The maximum absolute atomic E-state index is 12.8. The number of hydrogen-bond donors (Lipinski definition) is 2. The van der Waals surface area contributed by atoms with Gasteiger partial charge in [0.2, 0.25) is 0 Å². The molecule has 0 saturated carbocycles. The van der Waals surface area contributed by atoms with Gasteiger partial charge in [-0.25, -0.2) is 10.2 Å². The fourth-order valence-corrected chi connectivity index (χ4v) is 3.79. The first-order chi connectivity index (χ1) is 14.4. The van der Waals surface area contributed by atoms with Crippen molar-refractivity contribution >= 4 is 55.6 Å². The van der Waals surface area contributed by atoms with Crippen LogP contribution in [-0.2, 0) is 0 Å². The maximum Gasteiger partial charge on any atom is 0.349 e. The molecular weight excluding hydrogens is 402 g/mol. The van der Waals surface area contributed by atoms with E-state index in [1.54, 1.807) is 31.4 Å². The van der Waals surface area contributed by atoms with Crippen molar-refractivity contribution in [3.05, 3.63) is 75.5 Å². The highest BCUT2D eigenvalue weighted by molar-refractivity contribution is 7.14. The number of nitrogens with zero attached hydrogens (tertiary/aromatic N) is 1. The van der Waals surface area contributed by atoms with Gasteiger partial charge in [0.25, 0.3) is 11.8 Å². The van der Waals surface area contributed by atoms with Crippen LogP contribution >= 0.6 is 11.3 Å². The van der Waals surface area contributed by atoms with Crippen LogP contribution in [-0.4, -0.2) is 17.5 Å². The molecule has 2 aromatic carbocycles. The fraction of sp³-hybridized carbons (Fsp3) is 0.0909. The van der Waals surface area contributed by atoms with E-state index >= 15 is 0 Å². The first kappa shape index (κ1) is 19.5. The van der Waals surface area contributed by atoms with E-state index in [1.807, 2.05) is 30.3 Å². The lowest BCUT2D eigenvalue weighted by molar-refractivity contribution is 0.0956. The standard InChI is InChI=1S/C22H17N3O4S/c1-12(2)24-25-20(27)15-9-10-30-21(15)23-19(26)17-11-16-14-6-4-3-5-13(14)7-8-18(16)29-22(17)28/h3-11H,1-2H3,(H,23,26)(H,25,27). The van der Waals surface area contributed by atoms with Crippen molar-refractivity contribution in [2.24, 2.45) is 5.10 Å². The summed E-state index contributed by atoms with van der Waals surface area (Å²) >= 11 is 1.17. The molecule has 0 unspecified atom stereocenters. The lowest BCUT2D eigenvalue weighted by atomic mass is 10.0. The van der Waals surface area contributed by atoms with Gasteiger partial charge in [-0.05, 0) is 48.2 Å². The minimum atomic E-state index is -0.746. The number of benzene rings is 2. The van der Waals surface area contributed by atoms with E-state index in [-0.39, 0.29) is 11.1 Å². The minimum absolute atomic E-state index is 0.138. The molecule has 4 aromatic rings. The summed E-state index contributed by atoms with van der Waals surface area (Å²) in [6.07, 6.45) is 0. The summed E-state index contributed by atoms with van der Waals surface area (Å²) in [5.41, 5.74) is 2.88. The molecule has 7 nitrogen and oxygen atoms in total. The van der Waals surface area contributed by atoms with Crippen LogP contribution in [0.3, 0.4) is 0 Å². The zero-order chi connectivity index (χ0) is 21.3. The number of amides is 2. The van der Waals surface area contributed by atoms with Crippen molar-refractivity contribution in [2.45, 2.75) is 13.8 Å². The second kappa shape index (κ2) is 7.92. The zero-order valence-corrected chi connectivity index (χ0v) is 17.0. The van der Waals surface area contributed by atoms with Crippen molar-refractivity contribution in [2.75, 3.05) is 5.32 Å². The Hall–Kier alpha value is -3.78.